The third kappa shape index (κ3) is 8.66. The van der Waals surface area contributed by atoms with Gasteiger partial charge in [0.15, 0.2) is 0 Å². The highest BCUT2D eigenvalue weighted by Crippen LogP contribution is 2.19. The van der Waals surface area contributed by atoms with E-state index in [2.05, 4.69) is 26.9 Å². The van der Waals surface area contributed by atoms with Gasteiger partial charge in [-0.05, 0) is 30.7 Å². The molecular weight excluding hydrogens is 550 g/mol. The van der Waals surface area contributed by atoms with Crippen molar-refractivity contribution in [3.63, 3.8) is 0 Å². The maximum absolute atomic E-state index is 13.2. The van der Waals surface area contributed by atoms with Crippen molar-refractivity contribution in [3.05, 3.63) is 66.4 Å². The molecule has 0 saturated heterocycles. The van der Waals surface area contributed by atoms with E-state index in [9.17, 15) is 27.6 Å². The van der Waals surface area contributed by atoms with Gasteiger partial charge in [-0.1, -0.05) is 36.4 Å². The number of hydrogen-bond donors (Lipinski definition) is 5. The van der Waals surface area contributed by atoms with E-state index in [0.717, 1.165) is 16.5 Å². The van der Waals surface area contributed by atoms with Crippen molar-refractivity contribution in [1.82, 2.24) is 20.9 Å². The van der Waals surface area contributed by atoms with Crippen molar-refractivity contribution in [3.8, 4) is 12.3 Å². The monoisotopic (exact) mass is 581 g/mol. The summed E-state index contributed by atoms with van der Waals surface area (Å²) in [6, 6.07) is 11.5. The number of carbonyl (C=O) groups is 4. The number of rotatable bonds is 14. The molecule has 4 amide bonds. The Morgan fingerprint density at radius 1 is 0.976 bits per heavy atom. The Morgan fingerprint density at radius 2 is 1.63 bits per heavy atom. The predicted octanol–water partition coefficient (Wildman–Crippen LogP) is 0.489. The minimum Gasteiger partial charge on any atom is -0.368 e. The molecular formula is C28H31N5O7S. The van der Waals surface area contributed by atoms with Crippen LogP contribution in [0.25, 0.3) is 10.9 Å². The highest BCUT2D eigenvalue weighted by molar-refractivity contribution is 7.86. The van der Waals surface area contributed by atoms with Crippen LogP contribution in [0.4, 0.5) is 0 Å². The first-order chi connectivity index (χ1) is 19.5. The Kier molecular flexibility index (Phi) is 10.6. The summed E-state index contributed by atoms with van der Waals surface area (Å²) in [4.78, 5) is 53.3. The first-order valence-electron chi connectivity index (χ1n) is 12.6. The van der Waals surface area contributed by atoms with Gasteiger partial charge in [-0.2, -0.15) is 8.42 Å². The average Bonchev–Trinajstić information content (AvgIpc) is 3.35. The summed E-state index contributed by atoms with van der Waals surface area (Å²) in [7, 11) is -4.04. The molecule has 1 aromatic heterocycles. The molecule has 41 heavy (non-hydrogen) atoms. The second-order valence-corrected chi connectivity index (χ2v) is 10.7. The molecule has 3 rings (SSSR count). The highest BCUT2D eigenvalue weighted by atomic mass is 32.2. The van der Waals surface area contributed by atoms with Gasteiger partial charge in [0.1, 0.15) is 18.1 Å². The molecule has 12 nitrogen and oxygen atoms in total. The molecule has 0 fully saturated rings. The Labute approximate surface area is 237 Å². The van der Waals surface area contributed by atoms with Crippen molar-refractivity contribution in [1.29, 1.82) is 0 Å². The van der Waals surface area contributed by atoms with Crippen LogP contribution < -0.4 is 21.7 Å². The van der Waals surface area contributed by atoms with E-state index < -0.39 is 58.5 Å². The van der Waals surface area contributed by atoms with Gasteiger partial charge in [-0.25, -0.2) is 0 Å². The van der Waals surface area contributed by atoms with Crippen LogP contribution in [0, 0.1) is 12.3 Å². The van der Waals surface area contributed by atoms with Crippen LogP contribution >= 0.6 is 0 Å². The van der Waals surface area contributed by atoms with Crippen LogP contribution in [0.2, 0.25) is 0 Å². The zero-order chi connectivity index (χ0) is 30.0. The summed E-state index contributed by atoms with van der Waals surface area (Å²) in [6.07, 6.45) is 6.56. The van der Waals surface area contributed by atoms with Gasteiger partial charge in [0.2, 0.25) is 23.6 Å². The number of aromatic nitrogens is 1. The fourth-order valence-corrected chi connectivity index (χ4v) is 4.85. The lowest BCUT2D eigenvalue weighted by molar-refractivity contribution is -0.133. The average molecular weight is 582 g/mol. The van der Waals surface area contributed by atoms with Gasteiger partial charge in [0.05, 0.1) is 17.9 Å². The summed E-state index contributed by atoms with van der Waals surface area (Å²) in [5.74, 6) is -0.579. The molecule has 0 bridgehead atoms. The third-order valence-corrected chi connectivity index (χ3v) is 7.41. The number of nitrogens with one attached hydrogen (secondary N) is 4. The number of H-pyrrole nitrogens is 1. The number of nitrogens with two attached hydrogens (primary N) is 1. The molecule has 6 N–H and O–H groups in total. The highest BCUT2D eigenvalue weighted by Gasteiger charge is 2.28. The molecule has 0 aliphatic heterocycles. The molecule has 1 heterocycles. The summed E-state index contributed by atoms with van der Waals surface area (Å²) in [5, 5.41) is 8.37. The number of carbonyl (C=O) groups excluding carboxylic acids is 4. The maximum Gasteiger partial charge on any atom is 0.296 e. The molecule has 0 aliphatic carbocycles. The van der Waals surface area contributed by atoms with Gasteiger partial charge in [-0.15, -0.1) is 12.3 Å². The largest absolute Gasteiger partial charge is 0.368 e. The quantitative estimate of drug-likeness (QED) is 0.135. The van der Waals surface area contributed by atoms with E-state index >= 15 is 0 Å². The number of aromatic amines is 1. The van der Waals surface area contributed by atoms with Gasteiger partial charge in [0.25, 0.3) is 10.1 Å². The van der Waals surface area contributed by atoms with Crippen molar-refractivity contribution < 1.29 is 31.8 Å². The Morgan fingerprint density at radius 3 is 2.32 bits per heavy atom. The molecule has 0 radical (unpaired) electrons. The zero-order valence-electron chi connectivity index (χ0n) is 22.3. The Balaban J connectivity index is 1.64. The van der Waals surface area contributed by atoms with Crippen LogP contribution in [0.15, 0.2) is 65.7 Å². The molecule has 0 unspecified atom stereocenters. The maximum atomic E-state index is 13.2. The summed E-state index contributed by atoms with van der Waals surface area (Å²) in [5.41, 5.74) is 6.90. The minimum absolute atomic E-state index is 0.0477. The van der Waals surface area contributed by atoms with E-state index in [1.807, 2.05) is 24.3 Å². The molecule has 0 spiro atoms. The first-order valence-corrected chi connectivity index (χ1v) is 14.0. The zero-order valence-corrected chi connectivity index (χ0v) is 23.1. The molecule has 216 valence electrons. The second-order valence-electron chi connectivity index (χ2n) is 9.12. The van der Waals surface area contributed by atoms with Gasteiger partial charge < -0.3 is 26.7 Å². The lowest BCUT2D eigenvalue weighted by Crippen LogP contribution is -2.56. The van der Waals surface area contributed by atoms with Crippen LogP contribution in [-0.4, -0.2) is 61.8 Å². The third-order valence-electron chi connectivity index (χ3n) is 6.08. The van der Waals surface area contributed by atoms with Crippen molar-refractivity contribution in [2.45, 2.75) is 49.2 Å². The Bertz CT molecular complexity index is 1550. The number of hydrogen-bond acceptors (Lipinski definition) is 7. The van der Waals surface area contributed by atoms with Gasteiger partial charge in [0, 0.05) is 29.9 Å². The fraction of sp³-hybridized carbons (Fsp3) is 0.286. The van der Waals surface area contributed by atoms with E-state index in [-0.39, 0.29) is 24.2 Å². The van der Waals surface area contributed by atoms with Crippen molar-refractivity contribution in [2.75, 3.05) is 6.61 Å². The Hall–Kier alpha value is -4.67. The number of para-hydroxylation sites is 1. The molecule has 3 aromatic rings. The van der Waals surface area contributed by atoms with Gasteiger partial charge in [-0.3, -0.25) is 23.4 Å². The lowest BCUT2D eigenvalue weighted by atomic mass is 10.0. The number of terminal acetylenes is 1. The van der Waals surface area contributed by atoms with E-state index in [1.165, 1.54) is 19.1 Å². The molecule has 2 aromatic carbocycles. The van der Waals surface area contributed by atoms with Crippen LogP contribution in [0.1, 0.15) is 25.3 Å². The topological polar surface area (TPSA) is 190 Å². The summed E-state index contributed by atoms with van der Waals surface area (Å²) in [6.45, 7) is 0.965. The minimum atomic E-state index is -4.04. The number of benzene rings is 2. The van der Waals surface area contributed by atoms with Crippen LogP contribution in [-0.2, 0) is 39.9 Å². The fourth-order valence-electron chi connectivity index (χ4n) is 3.92. The number of amides is 4. The van der Waals surface area contributed by atoms with Gasteiger partial charge >= 0.3 is 0 Å². The van der Waals surface area contributed by atoms with E-state index in [0.29, 0.717) is 0 Å². The molecule has 3 atom stereocenters. The van der Waals surface area contributed by atoms with Crippen molar-refractivity contribution in [2.24, 2.45) is 5.73 Å². The van der Waals surface area contributed by atoms with Crippen LogP contribution in [0.5, 0.6) is 0 Å². The summed E-state index contributed by atoms with van der Waals surface area (Å²) < 4.78 is 29.3. The summed E-state index contributed by atoms with van der Waals surface area (Å²) >= 11 is 0. The molecule has 13 heteroatoms. The smallest absolute Gasteiger partial charge is 0.296 e. The van der Waals surface area contributed by atoms with E-state index in [1.54, 1.807) is 24.4 Å². The molecule has 0 aliphatic rings. The first kappa shape index (κ1) is 30.9. The van der Waals surface area contributed by atoms with Crippen LogP contribution in [0.3, 0.4) is 0 Å². The normalized spacial score (nSPS) is 13.4. The predicted molar refractivity (Wildman–Crippen MR) is 150 cm³/mol. The second kappa shape index (κ2) is 14.1. The SMILES string of the molecule is C#CC[C@H](NC(=O)[C@H](Cc1c[nH]c2ccccc12)NC(=O)[C@H](C)NC(=O)CCOS(=O)(=O)c1ccccc1)C(N)=O. The molecule has 0 saturated carbocycles. The van der Waals surface area contributed by atoms with Crippen molar-refractivity contribution >= 4 is 44.6 Å². The number of fused-ring (bicyclic) bond motifs is 1. The standard InChI is InChI=1S/C28H31N5O7S/c1-3-9-23(26(29)35)32-28(37)24(16-19-17-30-22-13-8-7-12-21(19)22)33-27(36)18(2)31-25(34)14-15-40-41(38,39)20-10-5-4-6-11-20/h1,4-8,10-13,17-18,23-24,30H,9,14-16H2,2H3,(H2,29,35)(H,31,34)(H,32,37)(H,33,36)/t18-,23-,24-/m0/s1. The lowest BCUT2D eigenvalue weighted by Gasteiger charge is -2.23. The number of primary amides is 1. The van der Waals surface area contributed by atoms with E-state index in [4.69, 9.17) is 16.3 Å².